The predicted octanol–water partition coefficient (Wildman–Crippen LogP) is 4.96. The van der Waals surface area contributed by atoms with Crippen LogP contribution < -0.4 is 4.74 Å². The van der Waals surface area contributed by atoms with Gasteiger partial charge in [-0.05, 0) is 31.5 Å². The number of hydrogen-bond acceptors (Lipinski definition) is 6. The zero-order chi connectivity index (χ0) is 21.0. The maximum atomic E-state index is 6.22. The molecular formula is C25H27N3O2S. The number of fused-ring (bicyclic) bond motifs is 2. The second-order valence-electron chi connectivity index (χ2n) is 8.04. The van der Waals surface area contributed by atoms with Crippen LogP contribution in [-0.2, 0) is 11.2 Å². The van der Waals surface area contributed by atoms with Gasteiger partial charge >= 0.3 is 0 Å². The Labute approximate surface area is 187 Å². The SMILES string of the molecule is Cc1ccc(-c2nc3c(c(SCCCN4CCOCC4)n2)Cc2ccccc2O3)cc1. The maximum Gasteiger partial charge on any atom is 0.227 e. The van der Waals surface area contributed by atoms with Crippen molar-refractivity contribution in [1.29, 1.82) is 0 Å². The Kier molecular flexibility index (Phi) is 6.20. The molecule has 0 atom stereocenters. The zero-order valence-corrected chi connectivity index (χ0v) is 18.7. The summed E-state index contributed by atoms with van der Waals surface area (Å²) < 4.78 is 11.7. The molecule has 5 rings (SSSR count). The third kappa shape index (κ3) is 4.76. The van der Waals surface area contributed by atoms with E-state index in [0.29, 0.717) is 5.88 Å². The quantitative estimate of drug-likeness (QED) is 0.243. The molecule has 0 unspecified atom stereocenters. The molecule has 0 amide bonds. The minimum atomic E-state index is 0.694. The lowest BCUT2D eigenvalue weighted by molar-refractivity contribution is 0.0381. The van der Waals surface area contributed by atoms with Gasteiger partial charge in [-0.2, -0.15) is 4.98 Å². The van der Waals surface area contributed by atoms with E-state index in [1.54, 1.807) is 0 Å². The van der Waals surface area contributed by atoms with E-state index in [1.165, 1.54) is 11.1 Å². The number of hydrogen-bond donors (Lipinski definition) is 0. The van der Waals surface area contributed by atoms with Crippen molar-refractivity contribution >= 4 is 11.8 Å². The van der Waals surface area contributed by atoms with Crippen molar-refractivity contribution < 1.29 is 9.47 Å². The van der Waals surface area contributed by atoms with Gasteiger partial charge in [0.2, 0.25) is 5.88 Å². The number of nitrogens with zero attached hydrogens (tertiary/aromatic N) is 3. The first-order chi connectivity index (χ1) is 15.3. The molecule has 1 fully saturated rings. The molecule has 0 radical (unpaired) electrons. The average molecular weight is 434 g/mol. The second kappa shape index (κ2) is 9.39. The Balaban J connectivity index is 1.38. The predicted molar refractivity (Wildman–Crippen MR) is 124 cm³/mol. The molecule has 0 spiro atoms. The van der Waals surface area contributed by atoms with Gasteiger partial charge in [-0.3, -0.25) is 4.90 Å². The van der Waals surface area contributed by atoms with E-state index in [4.69, 9.17) is 19.4 Å². The minimum Gasteiger partial charge on any atom is -0.438 e. The van der Waals surface area contributed by atoms with E-state index in [9.17, 15) is 0 Å². The summed E-state index contributed by atoms with van der Waals surface area (Å²) in [4.78, 5) is 12.3. The minimum absolute atomic E-state index is 0.694. The van der Waals surface area contributed by atoms with Crippen LogP contribution in [0.3, 0.4) is 0 Å². The lowest BCUT2D eigenvalue weighted by Gasteiger charge is -2.26. The van der Waals surface area contributed by atoms with Crippen molar-refractivity contribution in [3.8, 4) is 23.0 Å². The van der Waals surface area contributed by atoms with Crippen LogP contribution in [0.2, 0.25) is 0 Å². The Hall–Kier alpha value is -2.41. The molecule has 160 valence electrons. The Morgan fingerprint density at radius 2 is 1.81 bits per heavy atom. The van der Waals surface area contributed by atoms with Gasteiger partial charge in [0.15, 0.2) is 5.82 Å². The fourth-order valence-corrected chi connectivity index (χ4v) is 4.91. The number of rotatable bonds is 6. The lowest BCUT2D eigenvalue weighted by Crippen LogP contribution is -2.36. The first-order valence-electron chi connectivity index (χ1n) is 10.9. The Morgan fingerprint density at radius 3 is 2.65 bits per heavy atom. The zero-order valence-electron chi connectivity index (χ0n) is 17.8. The van der Waals surface area contributed by atoms with Crippen molar-refractivity contribution in [3.05, 3.63) is 65.2 Å². The van der Waals surface area contributed by atoms with Crippen molar-refractivity contribution in [2.24, 2.45) is 0 Å². The van der Waals surface area contributed by atoms with E-state index >= 15 is 0 Å². The number of ether oxygens (including phenoxy) is 2. The standard InChI is InChI=1S/C25H27N3O2S/c1-18-7-9-19(10-8-18)23-26-24-21(17-20-5-2-3-6-22(20)30-24)25(27-23)31-16-4-11-28-12-14-29-15-13-28/h2-3,5-10H,4,11-17H2,1H3. The highest BCUT2D eigenvalue weighted by Crippen LogP contribution is 2.40. The van der Waals surface area contributed by atoms with Gasteiger partial charge in [0.25, 0.3) is 0 Å². The van der Waals surface area contributed by atoms with Gasteiger partial charge < -0.3 is 9.47 Å². The van der Waals surface area contributed by atoms with Crippen LogP contribution in [-0.4, -0.2) is 53.5 Å². The molecule has 0 aliphatic carbocycles. The number of aromatic nitrogens is 2. The molecule has 31 heavy (non-hydrogen) atoms. The third-order valence-electron chi connectivity index (χ3n) is 5.75. The first-order valence-corrected chi connectivity index (χ1v) is 11.9. The molecular weight excluding hydrogens is 406 g/mol. The van der Waals surface area contributed by atoms with Gasteiger partial charge in [-0.1, -0.05) is 48.0 Å². The summed E-state index contributed by atoms with van der Waals surface area (Å²) in [5.74, 6) is 3.34. The van der Waals surface area contributed by atoms with E-state index in [-0.39, 0.29) is 0 Å². The summed E-state index contributed by atoms with van der Waals surface area (Å²) in [5, 5.41) is 1.04. The maximum absolute atomic E-state index is 6.22. The molecule has 2 aliphatic rings. The number of aryl methyl sites for hydroxylation is 1. The highest BCUT2D eigenvalue weighted by atomic mass is 32.2. The Bertz CT molecular complexity index is 1050. The summed E-state index contributed by atoms with van der Waals surface area (Å²) in [6.07, 6.45) is 1.94. The van der Waals surface area contributed by atoms with Crippen LogP contribution in [0.25, 0.3) is 11.4 Å². The second-order valence-corrected chi connectivity index (χ2v) is 9.13. The van der Waals surface area contributed by atoms with Gasteiger partial charge in [-0.15, -0.1) is 11.8 Å². The first kappa shape index (κ1) is 20.5. The van der Waals surface area contributed by atoms with E-state index in [1.807, 2.05) is 23.9 Å². The van der Waals surface area contributed by atoms with Crippen LogP contribution in [0, 0.1) is 6.92 Å². The molecule has 1 aromatic heterocycles. The normalized spacial score (nSPS) is 15.8. The van der Waals surface area contributed by atoms with Crippen LogP contribution in [0.1, 0.15) is 23.1 Å². The molecule has 1 saturated heterocycles. The van der Waals surface area contributed by atoms with Gasteiger partial charge in [0.1, 0.15) is 10.8 Å². The van der Waals surface area contributed by atoms with Gasteiger partial charge in [0, 0.05) is 30.8 Å². The number of morpholine rings is 1. The average Bonchev–Trinajstić information content (AvgIpc) is 2.81. The molecule has 0 N–H and O–H groups in total. The molecule has 2 aliphatic heterocycles. The highest BCUT2D eigenvalue weighted by molar-refractivity contribution is 7.99. The van der Waals surface area contributed by atoms with E-state index in [2.05, 4.69) is 48.2 Å². The van der Waals surface area contributed by atoms with E-state index in [0.717, 1.165) is 79.2 Å². The van der Waals surface area contributed by atoms with Crippen LogP contribution in [0.15, 0.2) is 53.6 Å². The lowest BCUT2D eigenvalue weighted by atomic mass is 10.0. The van der Waals surface area contributed by atoms with Gasteiger partial charge in [-0.25, -0.2) is 4.98 Å². The summed E-state index contributed by atoms with van der Waals surface area (Å²) in [5.41, 5.74) is 4.54. The van der Waals surface area contributed by atoms with Crippen LogP contribution in [0.5, 0.6) is 11.6 Å². The van der Waals surface area contributed by atoms with Crippen LogP contribution >= 0.6 is 11.8 Å². The Morgan fingerprint density at radius 1 is 1.00 bits per heavy atom. The van der Waals surface area contributed by atoms with Crippen molar-refractivity contribution in [1.82, 2.24) is 14.9 Å². The van der Waals surface area contributed by atoms with E-state index < -0.39 is 0 Å². The highest BCUT2D eigenvalue weighted by Gasteiger charge is 2.24. The third-order valence-corrected chi connectivity index (χ3v) is 6.85. The summed E-state index contributed by atoms with van der Waals surface area (Å²) in [6, 6.07) is 16.6. The molecule has 2 aromatic carbocycles. The monoisotopic (exact) mass is 433 g/mol. The van der Waals surface area contributed by atoms with Crippen molar-refractivity contribution in [2.45, 2.75) is 24.8 Å². The molecule has 3 aromatic rings. The molecule has 5 nitrogen and oxygen atoms in total. The largest absolute Gasteiger partial charge is 0.438 e. The molecule has 6 heteroatoms. The molecule has 0 bridgehead atoms. The summed E-state index contributed by atoms with van der Waals surface area (Å²) >= 11 is 1.82. The fraction of sp³-hybridized carbons (Fsp3) is 0.360. The van der Waals surface area contributed by atoms with Crippen molar-refractivity contribution in [3.63, 3.8) is 0 Å². The van der Waals surface area contributed by atoms with Crippen LogP contribution in [0.4, 0.5) is 0 Å². The topological polar surface area (TPSA) is 47.5 Å². The molecule has 3 heterocycles. The summed E-state index contributed by atoms with van der Waals surface area (Å²) in [7, 11) is 0. The number of thioether (sulfide) groups is 1. The summed E-state index contributed by atoms with van der Waals surface area (Å²) in [6.45, 7) is 6.97. The number of para-hydroxylation sites is 1. The van der Waals surface area contributed by atoms with Crippen molar-refractivity contribution in [2.75, 3.05) is 38.6 Å². The smallest absolute Gasteiger partial charge is 0.227 e. The molecule has 0 saturated carbocycles. The fourth-order valence-electron chi connectivity index (χ4n) is 3.96. The number of benzene rings is 2. The van der Waals surface area contributed by atoms with Gasteiger partial charge in [0.05, 0.1) is 18.8 Å².